The van der Waals surface area contributed by atoms with Gasteiger partial charge in [0.1, 0.15) is 17.6 Å². The smallest absolute Gasteiger partial charge is 0.342 e. The Hall–Kier alpha value is -2.22. The molecule has 1 unspecified atom stereocenters. The quantitative estimate of drug-likeness (QED) is 0.569. The number of carboxylic acid groups (broad SMARTS) is 1. The van der Waals surface area contributed by atoms with Crippen molar-refractivity contribution < 1.29 is 19.6 Å². The van der Waals surface area contributed by atoms with Gasteiger partial charge in [-0.1, -0.05) is 0 Å². The zero-order valence-electron chi connectivity index (χ0n) is 10.6. The van der Waals surface area contributed by atoms with E-state index in [1.165, 1.54) is 0 Å². The van der Waals surface area contributed by atoms with Crippen LogP contribution in [0.4, 0.5) is 11.5 Å². The number of carboxylic acids is 1. The number of nitrogens with zero attached hydrogens (tertiary/aromatic N) is 2. The molecule has 19 heavy (non-hydrogen) atoms. The summed E-state index contributed by atoms with van der Waals surface area (Å²) in [4.78, 5) is 24.6. The van der Waals surface area contributed by atoms with Crippen LogP contribution < -0.4 is 5.32 Å². The maximum absolute atomic E-state index is 10.9. The van der Waals surface area contributed by atoms with Crippen LogP contribution in [0, 0.1) is 10.1 Å². The third-order valence-corrected chi connectivity index (χ3v) is 2.33. The number of carbonyl (C=O) groups is 1. The van der Waals surface area contributed by atoms with E-state index < -0.39 is 22.1 Å². The lowest BCUT2D eigenvalue weighted by atomic mass is 10.2. The monoisotopic (exact) mass is 269 g/mol. The normalized spacial score (nSPS) is 11.9. The average Bonchev–Trinajstić information content (AvgIpc) is 2.36. The molecule has 8 nitrogen and oxygen atoms in total. The van der Waals surface area contributed by atoms with Crippen molar-refractivity contribution >= 4 is 17.5 Å². The Labute approximate surface area is 109 Å². The standard InChI is InChI=1S/C11H15N3O5/c1-3-19-7(2)5-12-10-4-8(11(15)16)9(6-13-10)14(17)18/h4,6-7H,3,5H2,1-2H3,(H,12,13)(H,15,16). The number of nitro groups is 1. The van der Waals surface area contributed by atoms with Gasteiger partial charge in [0, 0.05) is 19.2 Å². The highest BCUT2D eigenvalue weighted by atomic mass is 16.6. The third kappa shape index (κ3) is 4.18. The number of aromatic carboxylic acids is 1. The van der Waals surface area contributed by atoms with Crippen molar-refractivity contribution in [3.8, 4) is 0 Å². The summed E-state index contributed by atoms with van der Waals surface area (Å²) < 4.78 is 5.29. The molecule has 0 amide bonds. The lowest BCUT2D eigenvalue weighted by Crippen LogP contribution is -2.20. The molecular formula is C11H15N3O5. The SMILES string of the molecule is CCOC(C)CNc1cc(C(=O)O)c([N+](=O)[O-])cn1. The van der Waals surface area contributed by atoms with E-state index in [-0.39, 0.29) is 11.9 Å². The van der Waals surface area contributed by atoms with Gasteiger partial charge < -0.3 is 15.2 Å². The first-order valence-corrected chi connectivity index (χ1v) is 5.68. The first-order chi connectivity index (χ1) is 8.95. The Morgan fingerprint density at radius 3 is 2.89 bits per heavy atom. The van der Waals surface area contributed by atoms with E-state index in [9.17, 15) is 14.9 Å². The highest BCUT2D eigenvalue weighted by Gasteiger charge is 2.21. The molecule has 0 spiro atoms. The molecule has 1 aromatic rings. The first kappa shape index (κ1) is 14.8. The van der Waals surface area contributed by atoms with Crippen LogP contribution in [0.5, 0.6) is 0 Å². The second-order valence-electron chi connectivity index (χ2n) is 3.80. The van der Waals surface area contributed by atoms with Gasteiger partial charge in [-0.15, -0.1) is 0 Å². The first-order valence-electron chi connectivity index (χ1n) is 5.68. The van der Waals surface area contributed by atoms with Gasteiger partial charge in [-0.25, -0.2) is 9.78 Å². The van der Waals surface area contributed by atoms with Crippen molar-refractivity contribution in [1.29, 1.82) is 0 Å². The summed E-state index contributed by atoms with van der Waals surface area (Å²) in [6.07, 6.45) is 0.854. The molecule has 0 radical (unpaired) electrons. The van der Waals surface area contributed by atoms with Gasteiger partial charge in [0.2, 0.25) is 0 Å². The summed E-state index contributed by atoms with van der Waals surface area (Å²) in [6, 6.07) is 1.14. The molecule has 0 fully saturated rings. The van der Waals surface area contributed by atoms with E-state index in [4.69, 9.17) is 9.84 Å². The summed E-state index contributed by atoms with van der Waals surface area (Å²) in [5.41, 5.74) is -0.928. The van der Waals surface area contributed by atoms with Gasteiger partial charge in [0.25, 0.3) is 0 Å². The predicted octanol–water partition coefficient (Wildman–Crippen LogP) is 1.52. The molecule has 0 aliphatic rings. The zero-order valence-corrected chi connectivity index (χ0v) is 10.6. The number of hydrogen-bond donors (Lipinski definition) is 2. The predicted molar refractivity (Wildman–Crippen MR) is 67.4 cm³/mol. The van der Waals surface area contributed by atoms with Crippen LogP contribution in [0.1, 0.15) is 24.2 Å². The fraction of sp³-hybridized carbons (Fsp3) is 0.455. The largest absolute Gasteiger partial charge is 0.477 e. The van der Waals surface area contributed by atoms with Crippen molar-refractivity contribution in [2.45, 2.75) is 20.0 Å². The molecular weight excluding hydrogens is 254 g/mol. The molecule has 0 aliphatic heterocycles. The highest BCUT2D eigenvalue weighted by Crippen LogP contribution is 2.20. The van der Waals surface area contributed by atoms with Gasteiger partial charge in [-0.05, 0) is 13.8 Å². The molecule has 8 heteroatoms. The molecule has 0 aromatic carbocycles. The van der Waals surface area contributed by atoms with Crippen molar-refractivity contribution in [3.05, 3.63) is 27.9 Å². The van der Waals surface area contributed by atoms with Crippen molar-refractivity contribution in [3.63, 3.8) is 0 Å². The summed E-state index contributed by atoms with van der Waals surface area (Å²) in [7, 11) is 0. The van der Waals surface area contributed by atoms with E-state index in [1.54, 1.807) is 0 Å². The number of nitrogens with one attached hydrogen (secondary N) is 1. The molecule has 0 saturated heterocycles. The van der Waals surface area contributed by atoms with Crippen LogP contribution >= 0.6 is 0 Å². The highest BCUT2D eigenvalue weighted by molar-refractivity contribution is 5.93. The molecule has 0 bridgehead atoms. The fourth-order valence-corrected chi connectivity index (χ4v) is 1.45. The van der Waals surface area contributed by atoms with Crippen LogP contribution in [0.25, 0.3) is 0 Å². The van der Waals surface area contributed by atoms with Crippen LogP contribution in [0.2, 0.25) is 0 Å². The number of hydrogen-bond acceptors (Lipinski definition) is 6. The van der Waals surface area contributed by atoms with E-state index >= 15 is 0 Å². The minimum atomic E-state index is -1.37. The molecule has 104 valence electrons. The molecule has 1 atom stereocenters. The number of ether oxygens (including phenoxy) is 1. The van der Waals surface area contributed by atoms with E-state index in [0.29, 0.717) is 13.2 Å². The summed E-state index contributed by atoms with van der Waals surface area (Å²) in [5.74, 6) is -1.11. The maximum atomic E-state index is 10.9. The Balaban J connectivity index is 2.84. The number of anilines is 1. The van der Waals surface area contributed by atoms with E-state index in [2.05, 4.69) is 10.3 Å². The summed E-state index contributed by atoms with van der Waals surface area (Å²) >= 11 is 0. The molecule has 1 aromatic heterocycles. The lowest BCUT2D eigenvalue weighted by molar-refractivity contribution is -0.385. The minimum absolute atomic E-state index is 0.0738. The maximum Gasteiger partial charge on any atom is 0.342 e. The summed E-state index contributed by atoms with van der Waals surface area (Å²) in [5, 5.41) is 22.4. The topological polar surface area (TPSA) is 115 Å². The van der Waals surface area contributed by atoms with Gasteiger partial charge in [-0.2, -0.15) is 0 Å². The van der Waals surface area contributed by atoms with E-state index in [1.807, 2.05) is 13.8 Å². The average molecular weight is 269 g/mol. The zero-order chi connectivity index (χ0) is 14.4. The van der Waals surface area contributed by atoms with Gasteiger partial charge in [0.15, 0.2) is 0 Å². The molecule has 0 aliphatic carbocycles. The molecule has 1 heterocycles. The van der Waals surface area contributed by atoms with Gasteiger partial charge >= 0.3 is 11.7 Å². The Morgan fingerprint density at radius 2 is 2.37 bits per heavy atom. The minimum Gasteiger partial charge on any atom is -0.477 e. The second-order valence-corrected chi connectivity index (χ2v) is 3.80. The molecule has 0 saturated carbocycles. The number of aromatic nitrogens is 1. The number of pyridine rings is 1. The fourth-order valence-electron chi connectivity index (χ4n) is 1.45. The molecule has 2 N–H and O–H groups in total. The summed E-state index contributed by atoms with van der Waals surface area (Å²) in [6.45, 7) is 4.71. The van der Waals surface area contributed by atoms with Crippen molar-refractivity contribution in [2.24, 2.45) is 0 Å². The van der Waals surface area contributed by atoms with Crippen molar-refractivity contribution in [2.75, 3.05) is 18.5 Å². The van der Waals surface area contributed by atoms with Crippen LogP contribution in [0.15, 0.2) is 12.3 Å². The van der Waals surface area contributed by atoms with Crippen LogP contribution in [0.3, 0.4) is 0 Å². The Morgan fingerprint density at radius 1 is 1.68 bits per heavy atom. The van der Waals surface area contributed by atoms with Crippen LogP contribution in [-0.2, 0) is 4.74 Å². The van der Waals surface area contributed by atoms with Crippen molar-refractivity contribution in [1.82, 2.24) is 4.98 Å². The van der Waals surface area contributed by atoms with Gasteiger partial charge in [0.05, 0.1) is 11.0 Å². The van der Waals surface area contributed by atoms with Crippen LogP contribution in [-0.4, -0.2) is 40.2 Å². The van der Waals surface area contributed by atoms with E-state index in [0.717, 1.165) is 12.3 Å². The van der Waals surface area contributed by atoms with Gasteiger partial charge in [-0.3, -0.25) is 10.1 Å². The lowest BCUT2D eigenvalue weighted by Gasteiger charge is -2.13. The second kappa shape index (κ2) is 6.64. The Bertz CT molecular complexity index is 477. The third-order valence-electron chi connectivity index (χ3n) is 2.33. The number of rotatable bonds is 7. The molecule has 1 rings (SSSR count). The Kier molecular flexibility index (Phi) is 5.19.